The molecular formula is C32H24N2O9. The second-order valence-corrected chi connectivity index (χ2v) is 9.64. The van der Waals surface area contributed by atoms with Crippen molar-refractivity contribution >= 4 is 29.4 Å². The zero-order chi connectivity index (χ0) is 30.4. The number of nitrogens with zero attached hydrogens (tertiary/aromatic N) is 2. The van der Waals surface area contributed by atoms with Crippen LogP contribution in [0.25, 0.3) is 6.08 Å². The first-order chi connectivity index (χ1) is 20.8. The van der Waals surface area contributed by atoms with Crippen LogP contribution in [0, 0.1) is 20.2 Å². The van der Waals surface area contributed by atoms with Crippen molar-refractivity contribution in [3.63, 3.8) is 0 Å². The van der Waals surface area contributed by atoms with Gasteiger partial charge in [0.25, 0.3) is 11.4 Å². The summed E-state index contributed by atoms with van der Waals surface area (Å²) in [5.74, 6) is -1.41. The van der Waals surface area contributed by atoms with Crippen LogP contribution in [0.2, 0.25) is 0 Å². The van der Waals surface area contributed by atoms with Gasteiger partial charge in [-0.15, -0.1) is 0 Å². The average molecular weight is 581 g/mol. The number of esters is 2. The van der Waals surface area contributed by atoms with Gasteiger partial charge in [-0.2, -0.15) is 0 Å². The van der Waals surface area contributed by atoms with Crippen molar-refractivity contribution in [2.75, 3.05) is 13.2 Å². The number of epoxide rings is 1. The number of carbonyl (C=O) groups excluding carboxylic acids is 2. The molecule has 1 saturated heterocycles. The molecule has 43 heavy (non-hydrogen) atoms. The quantitative estimate of drug-likeness (QED) is 0.0885. The summed E-state index contributed by atoms with van der Waals surface area (Å²) in [6.07, 6.45) is 1.26. The number of hydrogen-bond acceptors (Lipinski definition) is 9. The first kappa shape index (κ1) is 28.8. The summed E-state index contributed by atoms with van der Waals surface area (Å²) >= 11 is 0. The molecule has 1 aliphatic rings. The van der Waals surface area contributed by atoms with E-state index in [1.54, 1.807) is 6.08 Å². The maximum atomic E-state index is 13.0. The molecule has 0 saturated carbocycles. The molecule has 0 radical (unpaired) electrons. The van der Waals surface area contributed by atoms with Gasteiger partial charge in [-0.1, -0.05) is 60.7 Å². The van der Waals surface area contributed by atoms with Gasteiger partial charge in [0.15, 0.2) is 5.60 Å². The first-order valence-corrected chi connectivity index (χ1v) is 13.1. The lowest BCUT2D eigenvalue weighted by Gasteiger charge is -2.19. The lowest BCUT2D eigenvalue weighted by Crippen LogP contribution is -2.28. The van der Waals surface area contributed by atoms with Crippen molar-refractivity contribution in [3.05, 3.63) is 157 Å². The van der Waals surface area contributed by atoms with Crippen molar-refractivity contribution in [1.82, 2.24) is 0 Å². The summed E-state index contributed by atoms with van der Waals surface area (Å²) < 4.78 is 17.6. The molecule has 2 atom stereocenters. The van der Waals surface area contributed by atoms with Crippen LogP contribution in [0.15, 0.2) is 115 Å². The number of ether oxygens (including phenoxy) is 3. The van der Waals surface area contributed by atoms with Gasteiger partial charge in [0, 0.05) is 29.8 Å². The Hall–Kier alpha value is -5.68. The first-order valence-electron chi connectivity index (χ1n) is 13.1. The number of hydrogen-bond donors (Lipinski definition) is 0. The zero-order valence-electron chi connectivity index (χ0n) is 22.5. The summed E-state index contributed by atoms with van der Waals surface area (Å²) in [5.41, 5.74) is 0.845. The van der Waals surface area contributed by atoms with Crippen LogP contribution in [0.5, 0.6) is 0 Å². The highest BCUT2D eigenvalue weighted by Gasteiger charge is 2.61. The van der Waals surface area contributed by atoms with Crippen LogP contribution in [-0.4, -0.2) is 40.6 Å². The summed E-state index contributed by atoms with van der Waals surface area (Å²) in [4.78, 5) is 46.7. The second-order valence-electron chi connectivity index (χ2n) is 9.64. The predicted octanol–water partition coefficient (Wildman–Crippen LogP) is 6.11. The third kappa shape index (κ3) is 6.63. The molecule has 0 amide bonds. The Morgan fingerprint density at radius 2 is 1.21 bits per heavy atom. The number of nitro groups is 2. The highest BCUT2D eigenvalue weighted by atomic mass is 16.6. The molecule has 11 nitrogen and oxygen atoms in total. The monoisotopic (exact) mass is 580 g/mol. The fraction of sp³-hybridized carbons (Fsp3) is 0.125. The van der Waals surface area contributed by atoms with E-state index < -0.39 is 33.5 Å². The van der Waals surface area contributed by atoms with E-state index >= 15 is 0 Å². The molecule has 4 aromatic rings. The van der Waals surface area contributed by atoms with Crippen LogP contribution in [0.3, 0.4) is 0 Å². The van der Waals surface area contributed by atoms with E-state index in [1.807, 2.05) is 60.7 Å². The SMILES string of the molecule is O=C(OC/C(=C/c1ccccc1)[C@@]1(COC(=O)c2ccc([N+](=O)[O-])cc2)O[C@H]1c1ccccc1)c1ccc([N+](=O)[O-])cc1. The predicted molar refractivity (Wildman–Crippen MR) is 154 cm³/mol. The van der Waals surface area contributed by atoms with Crippen molar-refractivity contribution in [2.24, 2.45) is 0 Å². The molecule has 216 valence electrons. The molecule has 0 aromatic heterocycles. The molecule has 1 aliphatic heterocycles. The van der Waals surface area contributed by atoms with Crippen molar-refractivity contribution < 1.29 is 33.6 Å². The Balaban J connectivity index is 1.43. The summed E-state index contributed by atoms with van der Waals surface area (Å²) in [6.45, 7) is -0.473. The Morgan fingerprint density at radius 1 is 0.721 bits per heavy atom. The lowest BCUT2D eigenvalue weighted by atomic mass is 9.91. The molecule has 1 fully saturated rings. The molecular weight excluding hydrogens is 556 g/mol. The largest absolute Gasteiger partial charge is 0.459 e. The van der Waals surface area contributed by atoms with Crippen LogP contribution in [0.4, 0.5) is 11.4 Å². The van der Waals surface area contributed by atoms with Gasteiger partial charge in [0.2, 0.25) is 0 Å². The molecule has 0 N–H and O–H groups in total. The second kappa shape index (κ2) is 12.5. The highest BCUT2D eigenvalue weighted by Crippen LogP contribution is 2.55. The third-order valence-electron chi connectivity index (χ3n) is 6.88. The minimum absolute atomic E-state index is 0.121. The van der Waals surface area contributed by atoms with Crippen molar-refractivity contribution in [2.45, 2.75) is 11.7 Å². The van der Waals surface area contributed by atoms with Crippen molar-refractivity contribution in [3.8, 4) is 0 Å². The molecule has 1 heterocycles. The van der Waals surface area contributed by atoms with Gasteiger partial charge in [-0.05, 0) is 41.5 Å². The van der Waals surface area contributed by atoms with Crippen LogP contribution in [-0.2, 0) is 14.2 Å². The normalized spacial score (nSPS) is 17.5. The lowest BCUT2D eigenvalue weighted by molar-refractivity contribution is -0.385. The molecule has 5 rings (SSSR count). The van der Waals surface area contributed by atoms with Crippen molar-refractivity contribution in [1.29, 1.82) is 0 Å². The van der Waals surface area contributed by atoms with Gasteiger partial charge < -0.3 is 14.2 Å². The Bertz CT molecular complexity index is 1670. The van der Waals surface area contributed by atoms with Gasteiger partial charge >= 0.3 is 11.9 Å². The number of rotatable bonds is 11. The van der Waals surface area contributed by atoms with Crippen LogP contribution >= 0.6 is 0 Å². The van der Waals surface area contributed by atoms with E-state index in [9.17, 15) is 29.8 Å². The summed E-state index contributed by atoms with van der Waals surface area (Å²) in [6, 6.07) is 28.6. The van der Waals surface area contributed by atoms with Gasteiger partial charge in [-0.3, -0.25) is 20.2 Å². The van der Waals surface area contributed by atoms with Gasteiger partial charge in [0.1, 0.15) is 19.3 Å². The van der Waals surface area contributed by atoms with Crippen LogP contribution < -0.4 is 0 Å². The standard InChI is InChI=1S/C32H24N2O9/c35-30(24-11-15-27(16-12-24)33(37)38)41-20-26(19-22-7-3-1-4-8-22)32(29(43-32)23-9-5-2-6-10-23)21-42-31(36)25-13-17-28(18-14-25)34(39)40/h1-19,29H,20-21H2/b26-19-/t29-,32+/m0/s1. The van der Waals surface area contributed by atoms with Gasteiger partial charge in [-0.25, -0.2) is 9.59 Å². The topological polar surface area (TPSA) is 151 Å². The highest BCUT2D eigenvalue weighted by molar-refractivity contribution is 5.90. The van der Waals surface area contributed by atoms with E-state index in [-0.39, 0.29) is 35.7 Å². The Kier molecular flexibility index (Phi) is 8.35. The number of carbonyl (C=O) groups is 2. The summed E-state index contributed by atoms with van der Waals surface area (Å²) in [7, 11) is 0. The number of non-ortho nitro benzene ring substituents is 2. The van der Waals surface area contributed by atoms with E-state index in [0.29, 0.717) is 5.57 Å². The molecule has 4 aromatic carbocycles. The minimum atomic E-state index is -1.19. The maximum Gasteiger partial charge on any atom is 0.338 e. The fourth-order valence-corrected chi connectivity index (χ4v) is 4.55. The van der Waals surface area contributed by atoms with E-state index in [4.69, 9.17) is 14.2 Å². The molecule has 0 spiro atoms. The number of benzene rings is 4. The molecule has 0 bridgehead atoms. The average Bonchev–Trinajstić information content (AvgIpc) is 3.78. The third-order valence-corrected chi connectivity index (χ3v) is 6.88. The van der Waals surface area contributed by atoms with E-state index in [1.165, 1.54) is 48.5 Å². The molecule has 0 unspecified atom stereocenters. The fourth-order valence-electron chi connectivity index (χ4n) is 4.55. The van der Waals surface area contributed by atoms with E-state index in [0.717, 1.165) is 11.1 Å². The minimum Gasteiger partial charge on any atom is -0.459 e. The maximum absolute atomic E-state index is 13.0. The Morgan fingerprint density at radius 3 is 1.72 bits per heavy atom. The van der Waals surface area contributed by atoms with Crippen LogP contribution in [0.1, 0.15) is 37.9 Å². The smallest absolute Gasteiger partial charge is 0.338 e. The Labute approximate surface area is 245 Å². The summed E-state index contributed by atoms with van der Waals surface area (Å²) in [5, 5.41) is 22.0. The van der Waals surface area contributed by atoms with Gasteiger partial charge in [0.05, 0.1) is 21.0 Å². The zero-order valence-corrected chi connectivity index (χ0v) is 22.5. The molecule has 11 heteroatoms. The van der Waals surface area contributed by atoms with E-state index in [2.05, 4.69) is 0 Å². The number of nitro benzene ring substituents is 2. The molecule has 0 aliphatic carbocycles.